The molecule has 3 rings (SSSR count). The molecule has 1 fully saturated rings. The van der Waals surface area contributed by atoms with Crippen LogP contribution in [-0.4, -0.2) is 41.6 Å². The molecule has 1 aromatic heterocycles. The third-order valence-electron chi connectivity index (χ3n) is 4.34. The second-order valence-corrected chi connectivity index (χ2v) is 6.40. The van der Waals surface area contributed by atoms with Crippen LogP contribution in [0.4, 0.5) is 5.69 Å². The maximum absolute atomic E-state index is 12.7. The lowest BCUT2D eigenvalue weighted by Gasteiger charge is -2.40. The van der Waals surface area contributed by atoms with E-state index in [1.54, 1.807) is 6.07 Å². The number of benzene rings is 1. The molecule has 1 aromatic carbocycles. The Bertz CT molecular complexity index is 666. The lowest BCUT2D eigenvalue weighted by atomic mass is 10.1. The highest BCUT2D eigenvalue weighted by atomic mass is 16.5. The Kier molecular flexibility index (Phi) is 4.37. The highest BCUT2D eigenvalue weighted by molar-refractivity contribution is 5.92. The highest BCUT2D eigenvalue weighted by Gasteiger charge is 2.30. The fourth-order valence-electron chi connectivity index (χ4n) is 2.94. The first-order chi connectivity index (χ1) is 11.1. The normalized spacial score (nSPS) is 18.5. The predicted molar refractivity (Wildman–Crippen MR) is 89.7 cm³/mol. The summed E-state index contributed by atoms with van der Waals surface area (Å²) in [4.78, 5) is 16.9. The molecular formula is C18H23N3O2. The molecule has 122 valence electrons. The topological polar surface area (TPSA) is 49.6 Å². The average molecular weight is 313 g/mol. The lowest BCUT2D eigenvalue weighted by Crippen LogP contribution is -2.54. The molecule has 0 bridgehead atoms. The lowest BCUT2D eigenvalue weighted by molar-refractivity contribution is 0.0631. The van der Waals surface area contributed by atoms with Crippen molar-refractivity contribution in [3.05, 3.63) is 47.9 Å². The molecule has 1 aliphatic heterocycles. The van der Waals surface area contributed by atoms with Crippen LogP contribution in [-0.2, 0) is 0 Å². The molecule has 1 saturated heterocycles. The fraction of sp³-hybridized carbons (Fsp3) is 0.444. The van der Waals surface area contributed by atoms with Crippen LogP contribution >= 0.6 is 0 Å². The van der Waals surface area contributed by atoms with Crippen molar-refractivity contribution in [2.45, 2.75) is 32.7 Å². The minimum Gasteiger partial charge on any atom is -0.368 e. The molecule has 0 N–H and O–H groups in total. The van der Waals surface area contributed by atoms with Crippen LogP contribution in [0.3, 0.4) is 0 Å². The molecular weight excluding hydrogens is 290 g/mol. The monoisotopic (exact) mass is 313 g/mol. The van der Waals surface area contributed by atoms with Crippen LogP contribution in [0, 0.1) is 0 Å². The van der Waals surface area contributed by atoms with Crippen molar-refractivity contribution in [2.75, 3.05) is 24.5 Å². The Morgan fingerprint density at radius 1 is 1.26 bits per heavy atom. The molecule has 0 unspecified atom stereocenters. The van der Waals surface area contributed by atoms with Crippen LogP contribution in [0.1, 0.15) is 42.9 Å². The molecule has 0 radical (unpaired) electrons. The van der Waals surface area contributed by atoms with Crippen molar-refractivity contribution in [3.8, 4) is 0 Å². The summed E-state index contributed by atoms with van der Waals surface area (Å²) in [5, 5.41) is 3.99. The zero-order chi connectivity index (χ0) is 16.4. The zero-order valence-electron chi connectivity index (χ0n) is 13.9. The van der Waals surface area contributed by atoms with Gasteiger partial charge in [0.15, 0.2) is 0 Å². The summed E-state index contributed by atoms with van der Waals surface area (Å²) in [5.74, 6) is 0.533. The number of aromatic nitrogens is 1. The summed E-state index contributed by atoms with van der Waals surface area (Å²) in [6.45, 7) is 8.48. The Hall–Kier alpha value is -2.30. The van der Waals surface area contributed by atoms with Gasteiger partial charge in [-0.25, -0.2) is 0 Å². The number of para-hydroxylation sites is 1. The third-order valence-corrected chi connectivity index (χ3v) is 4.34. The molecule has 0 spiro atoms. The van der Waals surface area contributed by atoms with E-state index in [0.29, 0.717) is 12.3 Å². The van der Waals surface area contributed by atoms with Crippen LogP contribution in [0.2, 0.25) is 0 Å². The van der Waals surface area contributed by atoms with Crippen molar-refractivity contribution < 1.29 is 9.32 Å². The minimum absolute atomic E-state index is 0.0652. The number of hydrogen-bond donors (Lipinski definition) is 0. The van der Waals surface area contributed by atoms with Gasteiger partial charge in [0.05, 0.1) is 5.69 Å². The van der Waals surface area contributed by atoms with E-state index in [0.717, 1.165) is 18.8 Å². The van der Waals surface area contributed by atoms with E-state index >= 15 is 0 Å². The van der Waals surface area contributed by atoms with Gasteiger partial charge in [0.25, 0.3) is 5.91 Å². The smallest absolute Gasteiger partial charge is 0.292 e. The molecule has 2 aromatic rings. The third kappa shape index (κ3) is 3.23. The summed E-state index contributed by atoms with van der Waals surface area (Å²) >= 11 is 0. The zero-order valence-corrected chi connectivity index (χ0v) is 13.9. The van der Waals surface area contributed by atoms with Gasteiger partial charge in [-0.1, -0.05) is 37.2 Å². The van der Waals surface area contributed by atoms with Gasteiger partial charge in [-0.05, 0) is 25.0 Å². The molecule has 0 aliphatic carbocycles. The highest BCUT2D eigenvalue weighted by Crippen LogP contribution is 2.21. The van der Waals surface area contributed by atoms with Gasteiger partial charge < -0.3 is 14.3 Å². The van der Waals surface area contributed by atoms with Crippen LogP contribution in [0.5, 0.6) is 0 Å². The Morgan fingerprint density at radius 2 is 2.00 bits per heavy atom. The molecule has 23 heavy (non-hydrogen) atoms. The largest absolute Gasteiger partial charge is 0.368 e. The van der Waals surface area contributed by atoms with Crippen molar-refractivity contribution in [3.63, 3.8) is 0 Å². The number of anilines is 1. The first kappa shape index (κ1) is 15.6. The molecule has 5 heteroatoms. The summed E-state index contributed by atoms with van der Waals surface area (Å²) in [6, 6.07) is 12.2. The van der Waals surface area contributed by atoms with Gasteiger partial charge in [-0.15, -0.1) is 0 Å². The van der Waals surface area contributed by atoms with Crippen LogP contribution in [0.15, 0.2) is 40.9 Å². The first-order valence-corrected chi connectivity index (χ1v) is 8.14. The Morgan fingerprint density at radius 3 is 2.61 bits per heavy atom. The second kappa shape index (κ2) is 6.44. The number of carbonyl (C=O) groups excluding carboxylic acids is 1. The number of rotatable bonds is 3. The van der Waals surface area contributed by atoms with Gasteiger partial charge in [-0.2, -0.15) is 0 Å². The molecule has 5 nitrogen and oxygen atoms in total. The van der Waals surface area contributed by atoms with Crippen molar-refractivity contribution in [2.24, 2.45) is 0 Å². The van der Waals surface area contributed by atoms with E-state index in [9.17, 15) is 4.79 Å². The fourth-order valence-corrected chi connectivity index (χ4v) is 2.94. The van der Waals surface area contributed by atoms with Gasteiger partial charge >= 0.3 is 0 Å². The van der Waals surface area contributed by atoms with Crippen LogP contribution < -0.4 is 4.90 Å². The van der Waals surface area contributed by atoms with E-state index in [1.165, 1.54) is 5.69 Å². The number of nitrogens with zero attached hydrogens (tertiary/aromatic N) is 3. The molecule has 2 heterocycles. The van der Waals surface area contributed by atoms with Gasteiger partial charge in [0, 0.05) is 37.4 Å². The van der Waals surface area contributed by atoms with Gasteiger partial charge in [0.2, 0.25) is 5.76 Å². The van der Waals surface area contributed by atoms with E-state index in [4.69, 9.17) is 4.52 Å². The SMILES string of the molecule is CC(C)c1cc(C(=O)N2CCN(c3ccccc3)C[C@@H]2C)on1. The van der Waals surface area contributed by atoms with Gasteiger partial charge in [-0.3, -0.25) is 4.79 Å². The van der Waals surface area contributed by atoms with E-state index in [1.807, 2.05) is 36.9 Å². The predicted octanol–water partition coefficient (Wildman–Crippen LogP) is 3.15. The summed E-state index contributed by atoms with van der Waals surface area (Å²) < 4.78 is 5.25. The standard InChI is InChI=1S/C18H23N3O2/c1-13(2)16-11-17(23-19-16)18(22)21-10-9-20(12-14(21)3)15-7-5-4-6-8-15/h4-8,11,13-14H,9-10,12H2,1-3H3/t14-/m0/s1. The summed E-state index contributed by atoms with van der Waals surface area (Å²) in [6.07, 6.45) is 0. The molecule has 1 atom stereocenters. The van der Waals surface area contributed by atoms with Crippen molar-refractivity contribution in [1.29, 1.82) is 0 Å². The van der Waals surface area contributed by atoms with Gasteiger partial charge in [0.1, 0.15) is 0 Å². The maximum atomic E-state index is 12.7. The van der Waals surface area contributed by atoms with E-state index in [2.05, 4.69) is 29.1 Å². The number of hydrogen-bond acceptors (Lipinski definition) is 4. The summed E-state index contributed by atoms with van der Waals surface area (Å²) in [7, 11) is 0. The molecule has 1 amide bonds. The van der Waals surface area contributed by atoms with E-state index < -0.39 is 0 Å². The first-order valence-electron chi connectivity index (χ1n) is 8.14. The van der Waals surface area contributed by atoms with Crippen molar-refractivity contribution >= 4 is 11.6 Å². The second-order valence-electron chi connectivity index (χ2n) is 6.40. The van der Waals surface area contributed by atoms with Crippen molar-refractivity contribution in [1.82, 2.24) is 10.1 Å². The molecule has 1 aliphatic rings. The number of carbonyl (C=O) groups is 1. The molecule has 0 saturated carbocycles. The van der Waals surface area contributed by atoms with Crippen LogP contribution in [0.25, 0.3) is 0 Å². The maximum Gasteiger partial charge on any atom is 0.292 e. The Labute approximate surface area is 136 Å². The van der Waals surface area contributed by atoms with E-state index in [-0.39, 0.29) is 17.9 Å². The minimum atomic E-state index is -0.0652. The summed E-state index contributed by atoms with van der Waals surface area (Å²) in [5.41, 5.74) is 2.03. The number of piperazine rings is 1. The Balaban J connectivity index is 1.69. The quantitative estimate of drug-likeness (QED) is 0.873. The number of amides is 1. The average Bonchev–Trinajstić information content (AvgIpc) is 3.05.